The lowest BCUT2D eigenvalue weighted by atomic mass is 9.97. The standard InChI is InChI=1S/C14H22N2O2S/c1-11-4-9-19-13(11)10-15-5-8-16-6-2-12(3-7-16)14(17)18/h4,9,12,15H,2-3,5-8,10H2,1H3,(H,17,18). The van der Waals surface area contributed by atoms with E-state index in [1.54, 1.807) is 11.3 Å². The predicted octanol–water partition coefficient (Wildman–Crippen LogP) is 1.94. The number of carboxylic acid groups (broad SMARTS) is 1. The molecule has 1 aliphatic heterocycles. The normalized spacial score (nSPS) is 17.7. The first kappa shape index (κ1) is 14.5. The molecule has 1 fully saturated rings. The van der Waals surface area contributed by atoms with E-state index in [1.165, 1.54) is 10.4 Å². The van der Waals surface area contributed by atoms with Gasteiger partial charge < -0.3 is 15.3 Å². The number of aryl methyl sites for hydroxylation is 1. The summed E-state index contributed by atoms with van der Waals surface area (Å²) in [7, 11) is 0. The number of nitrogens with one attached hydrogen (secondary N) is 1. The summed E-state index contributed by atoms with van der Waals surface area (Å²) in [5.41, 5.74) is 1.36. The summed E-state index contributed by atoms with van der Waals surface area (Å²) >= 11 is 1.80. The fraction of sp³-hybridized carbons (Fsp3) is 0.643. The average Bonchev–Trinajstić information content (AvgIpc) is 2.81. The molecule has 2 N–H and O–H groups in total. The van der Waals surface area contributed by atoms with Crippen molar-refractivity contribution in [2.75, 3.05) is 26.2 Å². The average molecular weight is 282 g/mol. The van der Waals surface area contributed by atoms with Crippen LogP contribution in [0.5, 0.6) is 0 Å². The molecule has 0 saturated carbocycles. The highest BCUT2D eigenvalue weighted by molar-refractivity contribution is 7.10. The molecule has 1 aromatic rings. The number of likely N-dealkylation sites (tertiary alicyclic amines) is 1. The monoisotopic (exact) mass is 282 g/mol. The van der Waals surface area contributed by atoms with Crippen molar-refractivity contribution in [3.05, 3.63) is 21.9 Å². The maximum absolute atomic E-state index is 10.9. The molecule has 0 spiro atoms. The number of piperidine rings is 1. The van der Waals surface area contributed by atoms with Gasteiger partial charge in [0.05, 0.1) is 5.92 Å². The van der Waals surface area contributed by atoms with Crippen molar-refractivity contribution in [1.82, 2.24) is 10.2 Å². The van der Waals surface area contributed by atoms with Crippen LogP contribution in [0.1, 0.15) is 23.3 Å². The van der Waals surface area contributed by atoms with Crippen molar-refractivity contribution in [2.24, 2.45) is 5.92 Å². The van der Waals surface area contributed by atoms with Gasteiger partial charge in [0.1, 0.15) is 0 Å². The molecule has 0 bridgehead atoms. The Morgan fingerprint density at radius 1 is 1.53 bits per heavy atom. The van der Waals surface area contributed by atoms with E-state index in [0.29, 0.717) is 0 Å². The van der Waals surface area contributed by atoms with Gasteiger partial charge in [-0.2, -0.15) is 0 Å². The van der Waals surface area contributed by atoms with E-state index in [4.69, 9.17) is 5.11 Å². The Hall–Kier alpha value is -0.910. The van der Waals surface area contributed by atoms with Gasteiger partial charge in [0.25, 0.3) is 0 Å². The van der Waals surface area contributed by atoms with E-state index in [0.717, 1.165) is 45.6 Å². The fourth-order valence-corrected chi connectivity index (χ4v) is 3.30. The second-order valence-electron chi connectivity index (χ2n) is 5.16. The highest BCUT2D eigenvalue weighted by Gasteiger charge is 2.23. The van der Waals surface area contributed by atoms with Gasteiger partial charge in [-0.05, 0) is 49.9 Å². The second-order valence-corrected chi connectivity index (χ2v) is 6.16. The van der Waals surface area contributed by atoms with E-state index >= 15 is 0 Å². The molecule has 1 aliphatic rings. The zero-order valence-corrected chi connectivity index (χ0v) is 12.2. The van der Waals surface area contributed by atoms with Crippen LogP contribution in [0.3, 0.4) is 0 Å². The van der Waals surface area contributed by atoms with Crippen LogP contribution in [-0.2, 0) is 11.3 Å². The van der Waals surface area contributed by atoms with Gasteiger partial charge in [0.2, 0.25) is 0 Å². The maximum atomic E-state index is 10.9. The van der Waals surface area contributed by atoms with Crippen LogP contribution < -0.4 is 5.32 Å². The van der Waals surface area contributed by atoms with E-state index in [-0.39, 0.29) is 5.92 Å². The quantitative estimate of drug-likeness (QED) is 0.783. The van der Waals surface area contributed by atoms with E-state index in [1.807, 2.05) is 0 Å². The summed E-state index contributed by atoms with van der Waals surface area (Å²) in [6.45, 7) is 6.89. The Bertz CT molecular complexity index is 411. The van der Waals surface area contributed by atoms with Crippen molar-refractivity contribution >= 4 is 17.3 Å². The number of hydrogen-bond donors (Lipinski definition) is 2. The number of aliphatic carboxylic acids is 1. The van der Waals surface area contributed by atoms with Crippen molar-refractivity contribution in [3.63, 3.8) is 0 Å². The summed E-state index contributed by atoms with van der Waals surface area (Å²) in [4.78, 5) is 14.6. The van der Waals surface area contributed by atoms with Crippen LogP contribution in [0, 0.1) is 12.8 Å². The number of carbonyl (C=O) groups is 1. The van der Waals surface area contributed by atoms with Gasteiger partial charge >= 0.3 is 5.97 Å². The highest BCUT2D eigenvalue weighted by Crippen LogP contribution is 2.17. The van der Waals surface area contributed by atoms with Crippen molar-refractivity contribution < 1.29 is 9.90 Å². The summed E-state index contributed by atoms with van der Waals surface area (Å²) in [6, 6.07) is 2.15. The van der Waals surface area contributed by atoms with Crippen molar-refractivity contribution in [2.45, 2.75) is 26.3 Å². The maximum Gasteiger partial charge on any atom is 0.306 e. The third-order valence-corrected chi connectivity index (χ3v) is 4.82. The minimum absolute atomic E-state index is 0.127. The third kappa shape index (κ3) is 4.30. The van der Waals surface area contributed by atoms with Gasteiger partial charge in [-0.15, -0.1) is 11.3 Å². The van der Waals surface area contributed by atoms with Crippen LogP contribution >= 0.6 is 11.3 Å². The Morgan fingerprint density at radius 2 is 2.26 bits per heavy atom. The topological polar surface area (TPSA) is 52.6 Å². The number of nitrogens with zero attached hydrogens (tertiary/aromatic N) is 1. The van der Waals surface area contributed by atoms with E-state index in [2.05, 4.69) is 28.6 Å². The number of rotatable bonds is 6. The van der Waals surface area contributed by atoms with Gasteiger partial charge in [-0.1, -0.05) is 0 Å². The SMILES string of the molecule is Cc1ccsc1CNCCN1CCC(C(=O)O)CC1. The lowest BCUT2D eigenvalue weighted by molar-refractivity contribution is -0.143. The summed E-state index contributed by atoms with van der Waals surface area (Å²) in [5, 5.41) is 14.5. The van der Waals surface area contributed by atoms with Crippen molar-refractivity contribution in [1.29, 1.82) is 0 Å². The number of carboxylic acids is 1. The summed E-state index contributed by atoms with van der Waals surface area (Å²) < 4.78 is 0. The molecule has 19 heavy (non-hydrogen) atoms. The third-order valence-electron chi connectivity index (χ3n) is 3.80. The molecule has 2 rings (SSSR count). The summed E-state index contributed by atoms with van der Waals surface area (Å²) in [6.07, 6.45) is 1.58. The number of thiophene rings is 1. The zero-order chi connectivity index (χ0) is 13.7. The zero-order valence-electron chi connectivity index (χ0n) is 11.4. The van der Waals surface area contributed by atoms with E-state index < -0.39 is 5.97 Å². The minimum Gasteiger partial charge on any atom is -0.481 e. The molecule has 0 aliphatic carbocycles. The van der Waals surface area contributed by atoms with Gasteiger partial charge in [0, 0.05) is 24.5 Å². The molecule has 0 amide bonds. The Balaban J connectivity index is 1.60. The Kier molecular flexibility index (Phi) is 5.36. The predicted molar refractivity (Wildman–Crippen MR) is 77.6 cm³/mol. The second kappa shape index (κ2) is 7.03. The Morgan fingerprint density at radius 3 is 2.84 bits per heavy atom. The van der Waals surface area contributed by atoms with Crippen LogP contribution in [-0.4, -0.2) is 42.2 Å². The molecule has 106 valence electrons. The molecule has 1 aromatic heterocycles. The molecule has 2 heterocycles. The fourth-order valence-electron chi connectivity index (χ4n) is 2.43. The van der Waals surface area contributed by atoms with Crippen molar-refractivity contribution in [3.8, 4) is 0 Å². The molecule has 4 nitrogen and oxygen atoms in total. The van der Waals surface area contributed by atoms with Crippen LogP contribution in [0.2, 0.25) is 0 Å². The van der Waals surface area contributed by atoms with Gasteiger partial charge in [0.15, 0.2) is 0 Å². The molecule has 5 heteroatoms. The van der Waals surface area contributed by atoms with Gasteiger partial charge in [-0.3, -0.25) is 4.79 Å². The first-order valence-electron chi connectivity index (χ1n) is 6.85. The largest absolute Gasteiger partial charge is 0.481 e. The Labute approximate surface area is 118 Å². The molecule has 0 unspecified atom stereocenters. The first-order chi connectivity index (χ1) is 9.16. The molecular formula is C14H22N2O2S. The summed E-state index contributed by atoms with van der Waals surface area (Å²) in [5.74, 6) is -0.760. The smallest absolute Gasteiger partial charge is 0.306 e. The highest BCUT2D eigenvalue weighted by atomic mass is 32.1. The van der Waals surface area contributed by atoms with E-state index in [9.17, 15) is 4.79 Å². The minimum atomic E-state index is -0.633. The molecule has 0 aromatic carbocycles. The molecule has 0 atom stereocenters. The van der Waals surface area contributed by atoms with Gasteiger partial charge in [-0.25, -0.2) is 0 Å². The molecular weight excluding hydrogens is 260 g/mol. The van der Waals surface area contributed by atoms with Crippen LogP contribution in [0.25, 0.3) is 0 Å². The van der Waals surface area contributed by atoms with Crippen LogP contribution in [0.15, 0.2) is 11.4 Å². The number of hydrogen-bond acceptors (Lipinski definition) is 4. The lowest BCUT2D eigenvalue weighted by Gasteiger charge is -2.29. The molecule has 0 radical (unpaired) electrons. The van der Waals surface area contributed by atoms with Crippen LogP contribution in [0.4, 0.5) is 0 Å². The molecule has 1 saturated heterocycles. The first-order valence-corrected chi connectivity index (χ1v) is 7.73. The lowest BCUT2D eigenvalue weighted by Crippen LogP contribution is -2.39.